The standard InChI is InChI=1S/C15H17FN2O2/c1-20-15(19)8-14-3-2-6-18(14)10-12-7-13(16)5-4-11(12)9-17/h4-5,7,14H,2-3,6,8,10H2,1H3/t14-/m1/s1. The number of esters is 1. The minimum absolute atomic E-state index is 0.109. The molecule has 0 bridgehead atoms. The van der Waals surface area contributed by atoms with Gasteiger partial charge in [-0.25, -0.2) is 4.39 Å². The van der Waals surface area contributed by atoms with Crippen LogP contribution in [0.15, 0.2) is 18.2 Å². The number of carbonyl (C=O) groups is 1. The zero-order chi connectivity index (χ0) is 14.5. The summed E-state index contributed by atoms with van der Waals surface area (Å²) >= 11 is 0. The summed E-state index contributed by atoms with van der Waals surface area (Å²) in [5.74, 6) is -0.579. The second-order valence-electron chi connectivity index (χ2n) is 4.96. The van der Waals surface area contributed by atoms with Crippen LogP contribution in [0.1, 0.15) is 30.4 Å². The topological polar surface area (TPSA) is 53.3 Å². The number of halogens is 1. The van der Waals surface area contributed by atoms with E-state index in [0.29, 0.717) is 24.1 Å². The molecule has 1 aromatic carbocycles. The summed E-state index contributed by atoms with van der Waals surface area (Å²) < 4.78 is 18.0. The molecule has 0 saturated carbocycles. The van der Waals surface area contributed by atoms with Crippen LogP contribution in [0.3, 0.4) is 0 Å². The summed E-state index contributed by atoms with van der Waals surface area (Å²) in [6.07, 6.45) is 2.26. The molecule has 0 amide bonds. The van der Waals surface area contributed by atoms with Crippen molar-refractivity contribution in [2.45, 2.75) is 31.8 Å². The fourth-order valence-corrected chi connectivity index (χ4v) is 2.63. The first-order valence-corrected chi connectivity index (χ1v) is 6.63. The number of rotatable bonds is 4. The van der Waals surface area contributed by atoms with Gasteiger partial charge < -0.3 is 4.74 Å². The highest BCUT2D eigenvalue weighted by Gasteiger charge is 2.27. The number of nitriles is 1. The Hall–Kier alpha value is -1.93. The first kappa shape index (κ1) is 14.5. The first-order valence-electron chi connectivity index (χ1n) is 6.63. The van der Waals surface area contributed by atoms with Crippen molar-refractivity contribution in [2.75, 3.05) is 13.7 Å². The highest BCUT2D eigenvalue weighted by Crippen LogP contribution is 2.24. The lowest BCUT2D eigenvalue weighted by atomic mass is 10.1. The number of ether oxygens (including phenoxy) is 1. The molecule has 5 heteroatoms. The van der Waals surface area contributed by atoms with Gasteiger partial charge in [0.25, 0.3) is 0 Å². The maximum atomic E-state index is 13.3. The molecular weight excluding hydrogens is 259 g/mol. The Morgan fingerprint density at radius 3 is 3.10 bits per heavy atom. The lowest BCUT2D eigenvalue weighted by Gasteiger charge is -2.24. The molecule has 4 nitrogen and oxygen atoms in total. The van der Waals surface area contributed by atoms with Crippen LogP contribution in [-0.4, -0.2) is 30.6 Å². The Labute approximate surface area is 117 Å². The molecule has 0 radical (unpaired) electrons. The van der Waals surface area contributed by atoms with Gasteiger partial charge >= 0.3 is 5.97 Å². The van der Waals surface area contributed by atoms with E-state index < -0.39 is 0 Å². The minimum atomic E-state index is -0.345. The monoisotopic (exact) mass is 276 g/mol. The Kier molecular flexibility index (Phi) is 4.70. The second kappa shape index (κ2) is 6.49. The third-order valence-corrected chi connectivity index (χ3v) is 3.69. The van der Waals surface area contributed by atoms with Gasteiger partial charge in [-0.05, 0) is 43.1 Å². The summed E-state index contributed by atoms with van der Waals surface area (Å²) in [6.45, 7) is 1.34. The van der Waals surface area contributed by atoms with E-state index in [4.69, 9.17) is 10.00 Å². The number of hydrogen-bond donors (Lipinski definition) is 0. The predicted molar refractivity (Wildman–Crippen MR) is 71.2 cm³/mol. The molecule has 0 aliphatic carbocycles. The molecule has 2 rings (SSSR count). The summed E-state index contributed by atoms with van der Waals surface area (Å²) in [4.78, 5) is 13.5. The van der Waals surface area contributed by atoms with Crippen LogP contribution in [-0.2, 0) is 16.1 Å². The van der Waals surface area contributed by atoms with Gasteiger partial charge in [0, 0.05) is 12.6 Å². The number of nitrogens with zero attached hydrogens (tertiary/aromatic N) is 2. The van der Waals surface area contributed by atoms with Crippen LogP contribution in [0.25, 0.3) is 0 Å². The molecular formula is C15H17FN2O2. The number of methoxy groups -OCH3 is 1. The van der Waals surface area contributed by atoms with Crippen LogP contribution in [0, 0.1) is 17.1 Å². The molecule has 0 unspecified atom stereocenters. The maximum Gasteiger partial charge on any atom is 0.307 e. The molecule has 0 N–H and O–H groups in total. The third-order valence-electron chi connectivity index (χ3n) is 3.69. The number of benzene rings is 1. The molecule has 0 spiro atoms. The largest absolute Gasteiger partial charge is 0.469 e. The molecule has 1 heterocycles. The van der Waals surface area contributed by atoms with Gasteiger partial charge in [-0.1, -0.05) is 0 Å². The molecule has 1 saturated heterocycles. The zero-order valence-corrected chi connectivity index (χ0v) is 11.4. The van der Waals surface area contributed by atoms with Crippen LogP contribution >= 0.6 is 0 Å². The van der Waals surface area contributed by atoms with E-state index in [1.54, 1.807) is 0 Å². The zero-order valence-electron chi connectivity index (χ0n) is 11.4. The van der Waals surface area contributed by atoms with Gasteiger partial charge in [0.05, 0.1) is 25.2 Å². The van der Waals surface area contributed by atoms with Crippen molar-refractivity contribution in [3.8, 4) is 6.07 Å². The second-order valence-corrected chi connectivity index (χ2v) is 4.96. The van der Waals surface area contributed by atoms with Crippen molar-refractivity contribution in [1.82, 2.24) is 4.90 Å². The van der Waals surface area contributed by atoms with Crippen LogP contribution in [0.5, 0.6) is 0 Å². The highest BCUT2D eigenvalue weighted by molar-refractivity contribution is 5.69. The summed E-state index contributed by atoms with van der Waals surface area (Å²) in [6, 6.07) is 6.37. The number of carbonyl (C=O) groups excluding carboxylic acids is 1. The summed E-state index contributed by atoms with van der Waals surface area (Å²) in [5, 5.41) is 9.07. The van der Waals surface area contributed by atoms with Crippen molar-refractivity contribution in [3.63, 3.8) is 0 Å². The minimum Gasteiger partial charge on any atom is -0.469 e. The molecule has 106 valence electrons. The van der Waals surface area contributed by atoms with E-state index in [2.05, 4.69) is 11.0 Å². The van der Waals surface area contributed by atoms with Gasteiger partial charge in [0.1, 0.15) is 5.82 Å². The van der Waals surface area contributed by atoms with Crippen LogP contribution in [0.4, 0.5) is 4.39 Å². The molecule has 20 heavy (non-hydrogen) atoms. The van der Waals surface area contributed by atoms with E-state index in [1.165, 1.54) is 25.3 Å². The van der Waals surface area contributed by atoms with Crippen molar-refractivity contribution in [1.29, 1.82) is 5.26 Å². The fourth-order valence-electron chi connectivity index (χ4n) is 2.63. The predicted octanol–water partition coefficient (Wildman–Crippen LogP) is 2.22. The van der Waals surface area contributed by atoms with Crippen LogP contribution in [0.2, 0.25) is 0 Å². The summed E-state index contributed by atoms with van der Waals surface area (Å²) in [7, 11) is 1.38. The number of likely N-dealkylation sites (tertiary alicyclic amines) is 1. The Bertz CT molecular complexity index is 539. The Balaban J connectivity index is 2.11. The Morgan fingerprint density at radius 1 is 1.60 bits per heavy atom. The summed E-state index contributed by atoms with van der Waals surface area (Å²) in [5.41, 5.74) is 1.15. The van der Waals surface area contributed by atoms with Gasteiger partial charge in [0.15, 0.2) is 0 Å². The van der Waals surface area contributed by atoms with Gasteiger partial charge in [0.2, 0.25) is 0 Å². The van der Waals surface area contributed by atoms with E-state index in [-0.39, 0.29) is 17.8 Å². The van der Waals surface area contributed by atoms with E-state index in [9.17, 15) is 9.18 Å². The lowest BCUT2D eigenvalue weighted by Crippen LogP contribution is -2.31. The van der Waals surface area contributed by atoms with Gasteiger partial charge in [-0.3, -0.25) is 9.69 Å². The van der Waals surface area contributed by atoms with Crippen molar-refractivity contribution in [3.05, 3.63) is 35.1 Å². The van der Waals surface area contributed by atoms with Crippen LogP contribution < -0.4 is 0 Å². The van der Waals surface area contributed by atoms with E-state index >= 15 is 0 Å². The molecule has 0 aromatic heterocycles. The van der Waals surface area contributed by atoms with Crippen molar-refractivity contribution >= 4 is 5.97 Å². The van der Waals surface area contributed by atoms with E-state index in [0.717, 1.165) is 19.4 Å². The molecule has 1 aliphatic heterocycles. The van der Waals surface area contributed by atoms with E-state index in [1.807, 2.05) is 0 Å². The average Bonchev–Trinajstić information content (AvgIpc) is 2.86. The molecule has 1 fully saturated rings. The average molecular weight is 276 g/mol. The smallest absolute Gasteiger partial charge is 0.307 e. The number of hydrogen-bond acceptors (Lipinski definition) is 4. The van der Waals surface area contributed by atoms with Crippen molar-refractivity contribution < 1.29 is 13.9 Å². The van der Waals surface area contributed by atoms with Crippen molar-refractivity contribution in [2.24, 2.45) is 0 Å². The molecule has 1 atom stereocenters. The quantitative estimate of drug-likeness (QED) is 0.791. The lowest BCUT2D eigenvalue weighted by molar-refractivity contribution is -0.141. The van der Waals surface area contributed by atoms with Gasteiger partial charge in [-0.2, -0.15) is 5.26 Å². The molecule has 1 aromatic rings. The normalized spacial score (nSPS) is 18.8. The van der Waals surface area contributed by atoms with Gasteiger partial charge in [-0.15, -0.1) is 0 Å². The third kappa shape index (κ3) is 3.34. The fraction of sp³-hybridized carbons (Fsp3) is 0.467. The highest BCUT2D eigenvalue weighted by atomic mass is 19.1. The molecule has 1 aliphatic rings. The maximum absolute atomic E-state index is 13.3. The SMILES string of the molecule is COC(=O)C[C@H]1CCCN1Cc1cc(F)ccc1C#N. The first-order chi connectivity index (χ1) is 9.63. The Morgan fingerprint density at radius 2 is 2.40 bits per heavy atom.